The number of carbonyl (C=O) groups is 1. The Kier molecular flexibility index (Phi) is 5.73. The van der Waals surface area contributed by atoms with E-state index in [0.717, 1.165) is 6.54 Å². The zero-order chi connectivity index (χ0) is 12.0. The predicted molar refractivity (Wildman–Crippen MR) is 61.4 cm³/mol. The van der Waals surface area contributed by atoms with E-state index in [-0.39, 0.29) is 11.9 Å². The summed E-state index contributed by atoms with van der Waals surface area (Å²) < 4.78 is 10.5. The summed E-state index contributed by atoms with van der Waals surface area (Å²) in [6.07, 6.45) is 0.563. The van der Waals surface area contributed by atoms with Gasteiger partial charge in [-0.1, -0.05) is 0 Å². The van der Waals surface area contributed by atoms with Crippen LogP contribution in [0.25, 0.3) is 0 Å². The van der Waals surface area contributed by atoms with Gasteiger partial charge in [-0.2, -0.15) is 0 Å². The smallest absolute Gasteiger partial charge is 0.224 e. The summed E-state index contributed by atoms with van der Waals surface area (Å²) in [5.74, 6) is 0.194. The van der Waals surface area contributed by atoms with Crippen molar-refractivity contribution in [1.82, 2.24) is 9.80 Å². The molecule has 1 unspecified atom stereocenters. The largest absolute Gasteiger partial charge is 0.382 e. The second-order valence-corrected chi connectivity index (χ2v) is 4.32. The minimum Gasteiger partial charge on any atom is -0.382 e. The van der Waals surface area contributed by atoms with Crippen LogP contribution < -0.4 is 0 Å². The third-order valence-electron chi connectivity index (χ3n) is 2.68. The average Bonchev–Trinajstić information content (AvgIpc) is 2.27. The molecule has 1 atom stereocenters. The molecule has 0 aromatic heterocycles. The molecule has 1 rings (SSSR count). The van der Waals surface area contributed by atoms with E-state index in [4.69, 9.17) is 9.47 Å². The highest BCUT2D eigenvalue weighted by molar-refractivity contribution is 5.76. The Balaban J connectivity index is 2.43. The van der Waals surface area contributed by atoms with E-state index >= 15 is 0 Å². The number of carbonyl (C=O) groups excluding carboxylic acids is 1. The fourth-order valence-corrected chi connectivity index (χ4v) is 1.78. The average molecular weight is 230 g/mol. The van der Waals surface area contributed by atoms with E-state index < -0.39 is 0 Å². The lowest BCUT2D eigenvalue weighted by atomic mass is 10.2. The lowest BCUT2D eigenvalue weighted by molar-refractivity contribution is -0.142. The minimum atomic E-state index is 0.0772. The van der Waals surface area contributed by atoms with Gasteiger partial charge in [0, 0.05) is 26.6 Å². The van der Waals surface area contributed by atoms with Crippen LogP contribution in [-0.2, 0) is 14.3 Å². The highest BCUT2D eigenvalue weighted by Crippen LogP contribution is 2.09. The Morgan fingerprint density at radius 1 is 1.56 bits per heavy atom. The van der Waals surface area contributed by atoms with Gasteiger partial charge in [-0.3, -0.25) is 4.79 Å². The van der Waals surface area contributed by atoms with Crippen molar-refractivity contribution in [2.45, 2.75) is 12.5 Å². The number of hydrogen-bond donors (Lipinski definition) is 0. The van der Waals surface area contributed by atoms with Gasteiger partial charge in [0.2, 0.25) is 5.91 Å². The standard InChI is InChI=1S/C11H22N2O3/c1-12(2)5-4-11(14)13-6-7-16-9-10(13)8-15-3/h10H,4-9H2,1-3H3. The van der Waals surface area contributed by atoms with Crippen LogP contribution in [0.3, 0.4) is 0 Å². The minimum absolute atomic E-state index is 0.0772. The second kappa shape index (κ2) is 6.83. The summed E-state index contributed by atoms with van der Waals surface area (Å²) in [7, 11) is 5.59. The van der Waals surface area contributed by atoms with Gasteiger partial charge >= 0.3 is 0 Å². The molecule has 1 heterocycles. The molecule has 94 valence electrons. The van der Waals surface area contributed by atoms with Gasteiger partial charge in [-0.05, 0) is 14.1 Å². The lowest BCUT2D eigenvalue weighted by Crippen LogP contribution is -2.51. The first-order chi connectivity index (χ1) is 7.65. The first-order valence-corrected chi connectivity index (χ1v) is 5.66. The maximum Gasteiger partial charge on any atom is 0.224 e. The molecule has 0 radical (unpaired) electrons. The summed E-state index contributed by atoms with van der Waals surface area (Å²) in [5, 5.41) is 0. The van der Waals surface area contributed by atoms with Gasteiger partial charge in [0.1, 0.15) is 0 Å². The Morgan fingerprint density at radius 3 is 2.94 bits per heavy atom. The number of rotatable bonds is 5. The van der Waals surface area contributed by atoms with E-state index in [0.29, 0.717) is 32.8 Å². The molecule has 0 aliphatic carbocycles. The summed E-state index contributed by atoms with van der Waals surface area (Å²) >= 11 is 0. The van der Waals surface area contributed by atoms with Crippen LogP contribution in [0.1, 0.15) is 6.42 Å². The monoisotopic (exact) mass is 230 g/mol. The quantitative estimate of drug-likeness (QED) is 0.656. The number of hydrogen-bond acceptors (Lipinski definition) is 4. The fraction of sp³-hybridized carbons (Fsp3) is 0.909. The van der Waals surface area contributed by atoms with Crippen molar-refractivity contribution in [2.75, 3.05) is 54.1 Å². The lowest BCUT2D eigenvalue weighted by Gasteiger charge is -2.35. The van der Waals surface area contributed by atoms with E-state index in [2.05, 4.69) is 0 Å². The normalized spacial score (nSPS) is 21.5. The van der Waals surface area contributed by atoms with Crippen LogP contribution in [-0.4, -0.2) is 75.9 Å². The van der Waals surface area contributed by atoms with Crippen LogP contribution in [0.4, 0.5) is 0 Å². The second-order valence-electron chi connectivity index (χ2n) is 4.32. The van der Waals surface area contributed by atoms with Gasteiger partial charge in [0.15, 0.2) is 0 Å². The Hall–Kier alpha value is -0.650. The maximum atomic E-state index is 12.0. The molecule has 1 aliphatic heterocycles. The van der Waals surface area contributed by atoms with Crippen LogP contribution in [0.15, 0.2) is 0 Å². The van der Waals surface area contributed by atoms with Crippen molar-refractivity contribution in [1.29, 1.82) is 0 Å². The summed E-state index contributed by atoms with van der Waals surface area (Å²) in [6, 6.07) is 0.0772. The van der Waals surface area contributed by atoms with Crippen LogP contribution in [0, 0.1) is 0 Å². The molecule has 0 spiro atoms. The molecule has 16 heavy (non-hydrogen) atoms. The van der Waals surface area contributed by atoms with Gasteiger partial charge in [-0.15, -0.1) is 0 Å². The number of ether oxygens (including phenoxy) is 2. The number of amides is 1. The fourth-order valence-electron chi connectivity index (χ4n) is 1.78. The molecule has 0 N–H and O–H groups in total. The van der Waals surface area contributed by atoms with Crippen molar-refractivity contribution in [3.8, 4) is 0 Å². The van der Waals surface area contributed by atoms with Gasteiger partial charge in [0.25, 0.3) is 0 Å². The van der Waals surface area contributed by atoms with Crippen molar-refractivity contribution >= 4 is 5.91 Å². The third-order valence-corrected chi connectivity index (χ3v) is 2.68. The molecule has 1 amide bonds. The molecule has 0 saturated carbocycles. The SMILES string of the molecule is COCC1COCCN1C(=O)CCN(C)C. The molecule has 5 heteroatoms. The van der Waals surface area contributed by atoms with Crippen molar-refractivity contribution in [3.05, 3.63) is 0 Å². The number of morpholine rings is 1. The molecule has 0 bridgehead atoms. The predicted octanol–water partition coefficient (Wildman–Crippen LogP) is -0.188. The van der Waals surface area contributed by atoms with E-state index in [1.807, 2.05) is 23.9 Å². The highest BCUT2D eigenvalue weighted by atomic mass is 16.5. The molecule has 0 aromatic carbocycles. The molecule has 1 aliphatic rings. The summed E-state index contributed by atoms with van der Waals surface area (Å²) in [4.78, 5) is 15.9. The molecule has 1 saturated heterocycles. The summed E-state index contributed by atoms with van der Waals surface area (Å²) in [6.45, 7) is 3.24. The van der Waals surface area contributed by atoms with Gasteiger partial charge in [-0.25, -0.2) is 0 Å². The maximum absolute atomic E-state index is 12.0. The molecule has 0 aromatic rings. The first kappa shape index (κ1) is 13.4. The van der Waals surface area contributed by atoms with Crippen molar-refractivity contribution in [3.63, 3.8) is 0 Å². The first-order valence-electron chi connectivity index (χ1n) is 5.66. The third kappa shape index (κ3) is 4.08. The van der Waals surface area contributed by atoms with E-state index in [1.165, 1.54) is 0 Å². The Labute approximate surface area is 97.3 Å². The number of nitrogens with zero attached hydrogens (tertiary/aromatic N) is 2. The van der Waals surface area contributed by atoms with Crippen LogP contribution >= 0.6 is 0 Å². The number of methoxy groups -OCH3 is 1. The van der Waals surface area contributed by atoms with E-state index in [1.54, 1.807) is 7.11 Å². The van der Waals surface area contributed by atoms with Gasteiger partial charge in [0.05, 0.1) is 25.9 Å². The van der Waals surface area contributed by atoms with Crippen molar-refractivity contribution < 1.29 is 14.3 Å². The van der Waals surface area contributed by atoms with Gasteiger partial charge < -0.3 is 19.3 Å². The Bertz CT molecular complexity index is 219. The molecular weight excluding hydrogens is 208 g/mol. The summed E-state index contributed by atoms with van der Waals surface area (Å²) in [5.41, 5.74) is 0. The van der Waals surface area contributed by atoms with Crippen molar-refractivity contribution in [2.24, 2.45) is 0 Å². The zero-order valence-electron chi connectivity index (χ0n) is 10.4. The van der Waals surface area contributed by atoms with Crippen LogP contribution in [0.5, 0.6) is 0 Å². The zero-order valence-corrected chi connectivity index (χ0v) is 10.4. The molecular formula is C11H22N2O3. The highest BCUT2D eigenvalue weighted by Gasteiger charge is 2.26. The Morgan fingerprint density at radius 2 is 2.31 bits per heavy atom. The molecule has 1 fully saturated rings. The van der Waals surface area contributed by atoms with Crippen LogP contribution in [0.2, 0.25) is 0 Å². The topological polar surface area (TPSA) is 42.0 Å². The molecule has 5 nitrogen and oxygen atoms in total. The van der Waals surface area contributed by atoms with E-state index in [9.17, 15) is 4.79 Å².